The fourth-order valence-corrected chi connectivity index (χ4v) is 4.55. The molecule has 2 aromatic rings. The number of hydrogen-bond donors (Lipinski definition) is 6. The van der Waals surface area contributed by atoms with Crippen LogP contribution in [0.2, 0.25) is 0 Å². The molecule has 6 N–H and O–H groups in total. The molecule has 0 spiro atoms. The van der Waals surface area contributed by atoms with Gasteiger partial charge in [-0.1, -0.05) is 55.8 Å². The van der Waals surface area contributed by atoms with Crippen LogP contribution in [-0.2, 0) is 22.4 Å². The van der Waals surface area contributed by atoms with E-state index in [9.17, 15) is 25.0 Å². The summed E-state index contributed by atoms with van der Waals surface area (Å²) in [7, 11) is 0. The summed E-state index contributed by atoms with van der Waals surface area (Å²) in [5.74, 6) is -2.18. The predicted octanol–water partition coefficient (Wildman–Crippen LogP) is 1.98. The summed E-state index contributed by atoms with van der Waals surface area (Å²) in [6.45, 7) is 3.95. The fourth-order valence-electron chi connectivity index (χ4n) is 4.55. The number of aliphatic hydroxyl groups excluding tert-OH is 1. The molecule has 8 heteroatoms. The Morgan fingerprint density at radius 3 is 2.48 bits per heavy atom. The molecule has 0 saturated carbocycles. The fraction of sp³-hybridized carbons (Fsp3) is 0.440. The van der Waals surface area contributed by atoms with Crippen molar-refractivity contribution in [2.75, 3.05) is 0 Å². The maximum absolute atomic E-state index is 13.5. The molecular formula is C25H33N3O5. The smallest absolute Gasteiger partial charge is 0.248 e. The predicted molar refractivity (Wildman–Crippen MR) is 124 cm³/mol. The second-order valence-corrected chi connectivity index (χ2v) is 8.71. The zero-order chi connectivity index (χ0) is 24.0. The van der Waals surface area contributed by atoms with E-state index in [2.05, 4.69) is 10.6 Å². The number of aliphatic hydroxyl groups is 1. The Morgan fingerprint density at radius 2 is 1.79 bits per heavy atom. The molecule has 0 aliphatic heterocycles. The van der Waals surface area contributed by atoms with Crippen LogP contribution in [0.15, 0.2) is 48.5 Å². The highest BCUT2D eigenvalue weighted by Crippen LogP contribution is 2.31. The molecule has 3 rings (SSSR count). The summed E-state index contributed by atoms with van der Waals surface area (Å²) in [4.78, 5) is 26.2. The third-order valence-corrected chi connectivity index (χ3v) is 6.25. The standard InChI is InChI=1S/C25H33N3O5/c1-3-8-15(2)26-23(19(24(31)28-33)13-17-10-5-7-12-20(17)29)25(32)27-22-18-11-6-4-9-16(18)14-21(22)30/h4-7,9-12,15,19,21-23,26,29-30,33H,3,8,13-14H2,1-2H3,(H,27,32)(H,28,31)/t15?,19-,21+,22-,23+/m0/s1. The van der Waals surface area contributed by atoms with E-state index in [4.69, 9.17) is 0 Å². The van der Waals surface area contributed by atoms with Gasteiger partial charge in [0.15, 0.2) is 0 Å². The lowest BCUT2D eigenvalue weighted by Crippen LogP contribution is -2.56. The van der Waals surface area contributed by atoms with Crippen LogP contribution in [0.1, 0.15) is 49.4 Å². The maximum atomic E-state index is 13.5. The molecule has 8 nitrogen and oxygen atoms in total. The molecule has 1 aliphatic rings. The number of carbonyl (C=O) groups excluding carboxylic acids is 2. The van der Waals surface area contributed by atoms with E-state index in [-0.39, 0.29) is 18.2 Å². The van der Waals surface area contributed by atoms with Crippen LogP contribution in [0.5, 0.6) is 5.75 Å². The molecular weight excluding hydrogens is 422 g/mol. The molecule has 1 aliphatic carbocycles. The largest absolute Gasteiger partial charge is 0.508 e. The number of para-hydroxylation sites is 1. The lowest BCUT2D eigenvalue weighted by atomic mass is 9.89. The van der Waals surface area contributed by atoms with Crippen LogP contribution in [0.4, 0.5) is 0 Å². The number of amides is 2. The number of benzene rings is 2. The van der Waals surface area contributed by atoms with Crippen LogP contribution >= 0.6 is 0 Å². The molecule has 1 unspecified atom stereocenters. The first-order valence-corrected chi connectivity index (χ1v) is 11.4. The number of aromatic hydroxyl groups is 1. The van der Waals surface area contributed by atoms with Crippen molar-refractivity contribution in [3.05, 3.63) is 65.2 Å². The first-order chi connectivity index (χ1) is 15.8. The van der Waals surface area contributed by atoms with Gasteiger partial charge in [-0.2, -0.15) is 0 Å². The molecule has 178 valence electrons. The van der Waals surface area contributed by atoms with Gasteiger partial charge in [-0.25, -0.2) is 5.48 Å². The van der Waals surface area contributed by atoms with Crippen molar-refractivity contribution in [1.29, 1.82) is 0 Å². The van der Waals surface area contributed by atoms with Gasteiger partial charge in [-0.3, -0.25) is 14.8 Å². The van der Waals surface area contributed by atoms with Gasteiger partial charge in [0.2, 0.25) is 11.8 Å². The molecule has 0 fully saturated rings. The Morgan fingerprint density at radius 1 is 1.09 bits per heavy atom. The van der Waals surface area contributed by atoms with Crippen LogP contribution in [0.25, 0.3) is 0 Å². The Labute approximate surface area is 194 Å². The van der Waals surface area contributed by atoms with Crippen molar-refractivity contribution >= 4 is 11.8 Å². The average molecular weight is 456 g/mol. The van der Waals surface area contributed by atoms with Crippen molar-refractivity contribution < 1.29 is 25.0 Å². The van der Waals surface area contributed by atoms with Crippen molar-refractivity contribution in [2.45, 2.75) is 63.8 Å². The molecule has 2 aromatic carbocycles. The average Bonchev–Trinajstić information content (AvgIpc) is 3.11. The van der Waals surface area contributed by atoms with Crippen molar-refractivity contribution in [3.8, 4) is 5.75 Å². The van der Waals surface area contributed by atoms with E-state index in [1.54, 1.807) is 23.7 Å². The third-order valence-electron chi connectivity index (χ3n) is 6.25. The van der Waals surface area contributed by atoms with Gasteiger partial charge >= 0.3 is 0 Å². The van der Waals surface area contributed by atoms with Gasteiger partial charge in [0, 0.05) is 12.5 Å². The van der Waals surface area contributed by atoms with Crippen molar-refractivity contribution in [1.82, 2.24) is 16.1 Å². The van der Waals surface area contributed by atoms with Crippen molar-refractivity contribution in [2.24, 2.45) is 5.92 Å². The second-order valence-electron chi connectivity index (χ2n) is 8.71. The molecule has 2 amide bonds. The van der Waals surface area contributed by atoms with Gasteiger partial charge in [0.05, 0.1) is 24.1 Å². The number of hydrogen-bond acceptors (Lipinski definition) is 6. The Hall–Kier alpha value is -2.94. The molecule has 0 aromatic heterocycles. The molecule has 33 heavy (non-hydrogen) atoms. The number of nitrogens with one attached hydrogen (secondary N) is 3. The third kappa shape index (κ3) is 5.90. The van der Waals surface area contributed by atoms with E-state index in [1.165, 1.54) is 6.07 Å². The topological polar surface area (TPSA) is 131 Å². The number of carbonyl (C=O) groups is 2. The summed E-state index contributed by atoms with van der Waals surface area (Å²) in [6, 6.07) is 12.5. The Balaban J connectivity index is 1.90. The van der Waals surface area contributed by atoms with E-state index >= 15 is 0 Å². The van der Waals surface area contributed by atoms with E-state index in [0.29, 0.717) is 12.0 Å². The summed E-state index contributed by atoms with van der Waals surface area (Å²) >= 11 is 0. The van der Waals surface area contributed by atoms with E-state index < -0.39 is 35.9 Å². The van der Waals surface area contributed by atoms with Crippen LogP contribution in [0.3, 0.4) is 0 Å². The zero-order valence-corrected chi connectivity index (χ0v) is 19.0. The molecule has 5 atom stereocenters. The highest BCUT2D eigenvalue weighted by atomic mass is 16.5. The number of phenolic OH excluding ortho intramolecular Hbond substituents is 1. The van der Waals surface area contributed by atoms with Crippen LogP contribution in [0, 0.1) is 5.92 Å². The summed E-state index contributed by atoms with van der Waals surface area (Å²) < 4.78 is 0. The molecule has 0 bridgehead atoms. The van der Waals surface area contributed by atoms with Gasteiger partial charge in [-0.05, 0) is 42.5 Å². The normalized spacial score (nSPS) is 19.9. The minimum atomic E-state index is -1.00. The van der Waals surface area contributed by atoms with Crippen molar-refractivity contribution in [3.63, 3.8) is 0 Å². The highest BCUT2D eigenvalue weighted by Gasteiger charge is 2.39. The lowest BCUT2D eigenvalue weighted by Gasteiger charge is -2.30. The molecule has 0 radical (unpaired) electrons. The van der Waals surface area contributed by atoms with E-state index in [1.807, 2.05) is 38.1 Å². The van der Waals surface area contributed by atoms with Crippen LogP contribution < -0.4 is 16.1 Å². The minimum Gasteiger partial charge on any atom is -0.508 e. The highest BCUT2D eigenvalue weighted by molar-refractivity contribution is 5.90. The van der Waals surface area contributed by atoms with Crippen LogP contribution in [-0.4, -0.2) is 45.4 Å². The Bertz CT molecular complexity index is 967. The maximum Gasteiger partial charge on any atom is 0.248 e. The number of rotatable bonds is 10. The minimum absolute atomic E-state index is 0.00847. The SMILES string of the molecule is CCCC(C)N[C@@H](C(=O)N[C@H]1c2ccccc2C[C@H]1O)[C@H](Cc1ccccc1O)C(=O)NO. The number of hydroxylamine groups is 1. The van der Waals surface area contributed by atoms with Gasteiger partial charge < -0.3 is 20.8 Å². The Kier molecular flexibility index (Phi) is 8.43. The quantitative estimate of drug-likeness (QED) is 0.240. The second kappa shape index (κ2) is 11.3. The van der Waals surface area contributed by atoms with Gasteiger partial charge in [0.1, 0.15) is 5.75 Å². The number of fused-ring (bicyclic) bond motifs is 1. The zero-order valence-electron chi connectivity index (χ0n) is 19.0. The lowest BCUT2D eigenvalue weighted by molar-refractivity contribution is -0.139. The summed E-state index contributed by atoms with van der Waals surface area (Å²) in [5, 5.41) is 36.4. The first kappa shape index (κ1) is 24.7. The van der Waals surface area contributed by atoms with Gasteiger partial charge in [-0.15, -0.1) is 0 Å². The van der Waals surface area contributed by atoms with E-state index in [0.717, 1.165) is 24.0 Å². The first-order valence-electron chi connectivity index (χ1n) is 11.4. The van der Waals surface area contributed by atoms with Gasteiger partial charge in [0.25, 0.3) is 0 Å². The molecule has 0 saturated heterocycles. The monoisotopic (exact) mass is 455 g/mol. The number of phenols is 1. The summed E-state index contributed by atoms with van der Waals surface area (Å²) in [6.07, 6.45) is 1.36. The molecule has 0 heterocycles. The summed E-state index contributed by atoms with van der Waals surface area (Å²) in [5.41, 5.74) is 3.98.